The molecule has 0 aliphatic carbocycles. The lowest BCUT2D eigenvalue weighted by Gasteiger charge is -2.03. The molecule has 0 atom stereocenters. The van der Waals surface area contributed by atoms with Crippen LogP contribution in [0.4, 0.5) is 22.0 Å². The van der Waals surface area contributed by atoms with E-state index < -0.39 is 40.6 Å². The van der Waals surface area contributed by atoms with Crippen LogP contribution in [0.3, 0.4) is 0 Å². The van der Waals surface area contributed by atoms with Gasteiger partial charge in [-0.25, -0.2) is 26.7 Å². The van der Waals surface area contributed by atoms with Gasteiger partial charge in [0.05, 0.1) is 6.61 Å². The minimum Gasteiger partial charge on any atom is -0.477 e. The molecule has 0 aromatic heterocycles. The van der Waals surface area contributed by atoms with E-state index in [1.54, 1.807) is 0 Å². The molecule has 0 bridgehead atoms. The fourth-order valence-electron chi connectivity index (χ4n) is 0.993. The molecule has 2 N–H and O–H groups in total. The second-order valence-electron chi connectivity index (χ2n) is 3.78. The SMILES string of the molecule is CN(C)CCO.O=C(O)c1c(F)c(F)c(F)c(F)c1F. The molecule has 1 aromatic carbocycles. The molecule has 0 heterocycles. The Labute approximate surface area is 111 Å². The van der Waals surface area contributed by atoms with Gasteiger partial charge in [-0.1, -0.05) is 0 Å². The normalized spacial score (nSPS) is 10.2. The average molecular weight is 301 g/mol. The zero-order chi connectivity index (χ0) is 16.0. The molecule has 20 heavy (non-hydrogen) atoms. The Morgan fingerprint density at radius 3 is 1.50 bits per heavy atom. The van der Waals surface area contributed by atoms with Crippen molar-refractivity contribution in [2.24, 2.45) is 0 Å². The second-order valence-corrected chi connectivity index (χ2v) is 3.78. The van der Waals surface area contributed by atoms with Crippen LogP contribution in [-0.2, 0) is 0 Å². The topological polar surface area (TPSA) is 60.8 Å². The van der Waals surface area contributed by atoms with E-state index in [0.29, 0.717) is 0 Å². The van der Waals surface area contributed by atoms with Gasteiger partial charge in [0.2, 0.25) is 5.82 Å². The number of aliphatic hydroxyl groups is 1. The first-order valence-electron chi connectivity index (χ1n) is 5.15. The summed E-state index contributed by atoms with van der Waals surface area (Å²) in [4.78, 5) is 12.1. The van der Waals surface area contributed by atoms with Crippen LogP contribution >= 0.6 is 0 Å². The number of hydrogen-bond acceptors (Lipinski definition) is 3. The van der Waals surface area contributed by atoms with Crippen LogP contribution in [-0.4, -0.2) is 48.3 Å². The van der Waals surface area contributed by atoms with Crippen molar-refractivity contribution < 1.29 is 37.0 Å². The Morgan fingerprint density at radius 2 is 1.30 bits per heavy atom. The molecule has 9 heteroatoms. The minimum atomic E-state index is -2.38. The molecule has 0 aliphatic rings. The van der Waals surface area contributed by atoms with Gasteiger partial charge in [0.15, 0.2) is 23.3 Å². The number of halogens is 5. The molecule has 4 nitrogen and oxygen atoms in total. The summed E-state index contributed by atoms with van der Waals surface area (Å²) >= 11 is 0. The highest BCUT2D eigenvalue weighted by Gasteiger charge is 2.29. The predicted molar refractivity (Wildman–Crippen MR) is 58.8 cm³/mol. The van der Waals surface area contributed by atoms with Crippen molar-refractivity contribution in [3.63, 3.8) is 0 Å². The number of carbonyl (C=O) groups is 1. The standard InChI is InChI=1S/C7HF5O2.C4H11NO/c8-2-1(7(13)14)3(9)5(11)6(12)4(2)10;1-5(2)3-4-6/h(H,13,14);6H,3-4H2,1-2H3. The Bertz CT molecular complexity index is 464. The quantitative estimate of drug-likeness (QED) is 0.506. The van der Waals surface area contributed by atoms with E-state index in [1.807, 2.05) is 19.0 Å². The third kappa shape index (κ3) is 4.42. The van der Waals surface area contributed by atoms with Gasteiger partial charge >= 0.3 is 5.97 Å². The molecule has 0 saturated carbocycles. The van der Waals surface area contributed by atoms with Crippen molar-refractivity contribution in [2.75, 3.05) is 27.2 Å². The highest BCUT2D eigenvalue weighted by molar-refractivity contribution is 5.88. The summed E-state index contributed by atoms with van der Waals surface area (Å²) < 4.78 is 62.1. The van der Waals surface area contributed by atoms with Crippen LogP contribution in [0.2, 0.25) is 0 Å². The number of nitrogens with zero attached hydrogens (tertiary/aromatic N) is 1. The summed E-state index contributed by atoms with van der Waals surface area (Å²) in [6.07, 6.45) is 0. The first kappa shape index (κ1) is 18.3. The largest absolute Gasteiger partial charge is 0.477 e. The van der Waals surface area contributed by atoms with Crippen molar-refractivity contribution in [3.05, 3.63) is 34.6 Å². The highest BCUT2D eigenvalue weighted by atomic mass is 19.2. The maximum absolute atomic E-state index is 12.6. The average Bonchev–Trinajstić information content (AvgIpc) is 2.34. The molecule has 1 rings (SSSR count). The molecule has 0 aliphatic heterocycles. The van der Waals surface area contributed by atoms with Crippen LogP contribution in [0.5, 0.6) is 0 Å². The molecule has 0 amide bonds. The molecule has 0 spiro atoms. The van der Waals surface area contributed by atoms with Gasteiger partial charge in [0.1, 0.15) is 5.56 Å². The van der Waals surface area contributed by atoms with Crippen LogP contribution < -0.4 is 0 Å². The number of carboxylic acids is 1. The number of likely N-dealkylation sites (N-methyl/N-ethyl adjacent to an activating group) is 1. The lowest BCUT2D eigenvalue weighted by atomic mass is 10.1. The van der Waals surface area contributed by atoms with Crippen molar-refractivity contribution in [2.45, 2.75) is 0 Å². The molecule has 0 radical (unpaired) electrons. The zero-order valence-electron chi connectivity index (χ0n) is 10.6. The van der Waals surface area contributed by atoms with Crippen molar-refractivity contribution >= 4 is 5.97 Å². The van der Waals surface area contributed by atoms with Gasteiger partial charge in [-0.2, -0.15) is 0 Å². The van der Waals surface area contributed by atoms with E-state index in [4.69, 9.17) is 10.2 Å². The summed E-state index contributed by atoms with van der Waals surface area (Å²) in [5.74, 6) is -13.9. The second kappa shape index (κ2) is 7.75. The number of aromatic carboxylic acids is 1. The summed E-state index contributed by atoms with van der Waals surface area (Å²) in [7, 11) is 3.85. The maximum atomic E-state index is 12.6. The first-order chi connectivity index (χ1) is 9.14. The summed E-state index contributed by atoms with van der Waals surface area (Å²) in [5, 5.41) is 16.3. The van der Waals surface area contributed by atoms with E-state index >= 15 is 0 Å². The Balaban J connectivity index is 0.000000511. The third-order valence-electron chi connectivity index (χ3n) is 1.97. The molecular formula is C11H12F5NO3. The number of rotatable bonds is 3. The molecule has 1 aromatic rings. The van der Waals surface area contributed by atoms with E-state index in [1.165, 1.54) is 0 Å². The summed E-state index contributed by atoms with van der Waals surface area (Å²) in [6, 6.07) is 0. The van der Waals surface area contributed by atoms with Crippen molar-refractivity contribution in [3.8, 4) is 0 Å². The van der Waals surface area contributed by atoms with Gasteiger partial charge in [0, 0.05) is 6.54 Å². The first-order valence-corrected chi connectivity index (χ1v) is 5.15. The van der Waals surface area contributed by atoms with Crippen molar-refractivity contribution in [1.29, 1.82) is 0 Å². The highest BCUT2D eigenvalue weighted by Crippen LogP contribution is 2.22. The molecule has 0 unspecified atom stereocenters. The number of hydrogen-bond donors (Lipinski definition) is 2. The third-order valence-corrected chi connectivity index (χ3v) is 1.97. The predicted octanol–water partition coefficient (Wildman–Crippen LogP) is 1.62. The smallest absolute Gasteiger partial charge is 0.341 e. The Hall–Kier alpha value is -1.74. The Morgan fingerprint density at radius 1 is 0.950 bits per heavy atom. The van der Waals surface area contributed by atoms with Gasteiger partial charge in [-0.15, -0.1) is 0 Å². The minimum absolute atomic E-state index is 0.257. The maximum Gasteiger partial charge on any atom is 0.341 e. The summed E-state index contributed by atoms with van der Waals surface area (Å²) in [5.41, 5.74) is -1.86. The Kier molecular flexibility index (Phi) is 7.08. The number of benzene rings is 1. The van der Waals surface area contributed by atoms with Gasteiger partial charge in [-0.05, 0) is 14.1 Å². The fourth-order valence-corrected chi connectivity index (χ4v) is 0.993. The monoisotopic (exact) mass is 301 g/mol. The molecule has 114 valence electrons. The van der Waals surface area contributed by atoms with Crippen LogP contribution in [0.25, 0.3) is 0 Å². The van der Waals surface area contributed by atoms with Gasteiger partial charge in [-0.3, -0.25) is 0 Å². The van der Waals surface area contributed by atoms with E-state index in [2.05, 4.69) is 0 Å². The van der Waals surface area contributed by atoms with Crippen LogP contribution in [0, 0.1) is 29.1 Å². The van der Waals surface area contributed by atoms with Gasteiger partial charge in [0.25, 0.3) is 0 Å². The molecular weight excluding hydrogens is 289 g/mol. The summed E-state index contributed by atoms with van der Waals surface area (Å²) in [6.45, 7) is 1.02. The van der Waals surface area contributed by atoms with Crippen molar-refractivity contribution in [1.82, 2.24) is 4.90 Å². The lowest BCUT2D eigenvalue weighted by Crippen LogP contribution is -2.15. The zero-order valence-corrected chi connectivity index (χ0v) is 10.6. The lowest BCUT2D eigenvalue weighted by molar-refractivity contribution is 0.0682. The van der Waals surface area contributed by atoms with E-state index in [9.17, 15) is 26.7 Å². The van der Waals surface area contributed by atoms with Gasteiger partial charge < -0.3 is 15.1 Å². The van der Waals surface area contributed by atoms with Crippen LogP contribution in [0.15, 0.2) is 0 Å². The molecule has 0 fully saturated rings. The molecule has 0 saturated heterocycles. The number of carboxylic acid groups (broad SMARTS) is 1. The fraction of sp³-hybridized carbons (Fsp3) is 0.364. The van der Waals surface area contributed by atoms with Crippen LogP contribution in [0.1, 0.15) is 10.4 Å². The van der Waals surface area contributed by atoms with E-state index in [0.717, 1.165) is 6.54 Å². The number of aliphatic hydroxyl groups excluding tert-OH is 1. The van der Waals surface area contributed by atoms with E-state index in [-0.39, 0.29) is 6.61 Å².